The number of hydrogen-bond acceptors (Lipinski definition) is 5. The van der Waals surface area contributed by atoms with Crippen molar-refractivity contribution in [3.63, 3.8) is 0 Å². The summed E-state index contributed by atoms with van der Waals surface area (Å²) in [4.78, 5) is 22.7. The number of carbonyl (C=O) groups is 1. The monoisotopic (exact) mass is 345 g/mol. The van der Waals surface area contributed by atoms with Crippen molar-refractivity contribution in [1.82, 2.24) is 20.2 Å². The molecule has 1 aromatic heterocycles. The summed E-state index contributed by atoms with van der Waals surface area (Å²) in [6, 6.07) is 8.30. The molecule has 0 unspecified atom stereocenters. The highest BCUT2D eigenvalue weighted by Crippen LogP contribution is 2.09. The first kappa shape index (κ1) is 18.8. The van der Waals surface area contributed by atoms with Gasteiger partial charge in [0.05, 0.1) is 0 Å². The van der Waals surface area contributed by atoms with Crippen molar-refractivity contribution in [3.05, 3.63) is 53.1 Å². The molecule has 1 amide bonds. The largest absolute Gasteiger partial charge is 0.354 e. The van der Waals surface area contributed by atoms with Crippen molar-refractivity contribution in [2.24, 2.45) is 0 Å². The van der Waals surface area contributed by atoms with Crippen molar-refractivity contribution >= 4 is 11.9 Å². The van der Waals surface area contributed by atoms with Crippen LogP contribution < -0.4 is 10.6 Å². The van der Waals surface area contributed by atoms with Gasteiger partial charge in [-0.1, -0.05) is 18.2 Å². The predicted octanol–water partition coefficient (Wildman–Crippen LogP) is 1.87. The number of anilines is 1. The maximum atomic E-state index is 13.6. The van der Waals surface area contributed by atoms with Gasteiger partial charge in [0.2, 0.25) is 5.95 Å². The van der Waals surface area contributed by atoms with Gasteiger partial charge < -0.3 is 15.5 Å². The van der Waals surface area contributed by atoms with Gasteiger partial charge in [-0.05, 0) is 45.1 Å². The lowest BCUT2D eigenvalue weighted by molar-refractivity contribution is 0.0946. The molecule has 25 heavy (non-hydrogen) atoms. The van der Waals surface area contributed by atoms with Crippen LogP contribution in [0.4, 0.5) is 10.3 Å². The molecule has 0 fully saturated rings. The summed E-state index contributed by atoms with van der Waals surface area (Å²) in [5, 5.41) is 5.88. The number of benzene rings is 1. The second kappa shape index (κ2) is 9.08. The Hall–Kier alpha value is -2.54. The van der Waals surface area contributed by atoms with E-state index in [-0.39, 0.29) is 11.7 Å². The van der Waals surface area contributed by atoms with E-state index in [9.17, 15) is 9.18 Å². The molecule has 7 heteroatoms. The summed E-state index contributed by atoms with van der Waals surface area (Å²) < 4.78 is 13.6. The molecule has 0 bridgehead atoms. The van der Waals surface area contributed by atoms with E-state index in [1.54, 1.807) is 31.2 Å². The Bertz CT molecular complexity index is 720. The van der Waals surface area contributed by atoms with Gasteiger partial charge in [0.15, 0.2) is 0 Å². The first-order valence-corrected chi connectivity index (χ1v) is 8.21. The molecule has 0 aliphatic rings. The summed E-state index contributed by atoms with van der Waals surface area (Å²) in [5.41, 5.74) is 1.64. The van der Waals surface area contributed by atoms with E-state index >= 15 is 0 Å². The Balaban J connectivity index is 1.94. The molecule has 6 nitrogen and oxygen atoms in total. The van der Waals surface area contributed by atoms with Gasteiger partial charge in [-0.2, -0.15) is 0 Å². The van der Waals surface area contributed by atoms with Crippen molar-refractivity contribution < 1.29 is 9.18 Å². The van der Waals surface area contributed by atoms with Crippen LogP contribution in [0.1, 0.15) is 21.7 Å². The number of halogens is 1. The molecular formula is C18H24FN5O. The van der Waals surface area contributed by atoms with Crippen LogP contribution in [0.3, 0.4) is 0 Å². The van der Waals surface area contributed by atoms with E-state index in [2.05, 4.69) is 20.6 Å². The van der Waals surface area contributed by atoms with E-state index < -0.39 is 0 Å². The van der Waals surface area contributed by atoms with E-state index in [0.717, 1.165) is 6.54 Å². The molecule has 0 saturated carbocycles. The van der Waals surface area contributed by atoms with E-state index in [0.29, 0.717) is 42.4 Å². The van der Waals surface area contributed by atoms with Crippen LogP contribution in [0.15, 0.2) is 30.3 Å². The summed E-state index contributed by atoms with van der Waals surface area (Å²) in [5.74, 6) is -0.0889. The van der Waals surface area contributed by atoms with Gasteiger partial charge >= 0.3 is 0 Å². The second-order valence-electron chi connectivity index (χ2n) is 6.05. The van der Waals surface area contributed by atoms with Gasteiger partial charge in [-0.3, -0.25) is 4.79 Å². The highest BCUT2D eigenvalue weighted by Gasteiger charge is 2.10. The summed E-state index contributed by atoms with van der Waals surface area (Å²) in [6.45, 7) is 3.58. The van der Waals surface area contributed by atoms with Crippen molar-refractivity contribution in [2.45, 2.75) is 13.3 Å². The van der Waals surface area contributed by atoms with Crippen LogP contribution in [-0.4, -0.2) is 54.5 Å². The molecule has 1 aromatic carbocycles. The molecule has 0 radical (unpaired) electrons. The van der Waals surface area contributed by atoms with E-state index in [1.165, 1.54) is 6.07 Å². The van der Waals surface area contributed by atoms with Crippen molar-refractivity contribution in [1.29, 1.82) is 0 Å². The maximum absolute atomic E-state index is 13.6. The number of aromatic nitrogens is 2. The summed E-state index contributed by atoms with van der Waals surface area (Å²) in [6.07, 6.45) is 0.508. The Labute approximate surface area is 147 Å². The van der Waals surface area contributed by atoms with Gasteiger partial charge in [0.1, 0.15) is 11.5 Å². The number of likely N-dealkylation sites (N-methyl/N-ethyl adjacent to an activating group) is 1. The van der Waals surface area contributed by atoms with Gasteiger partial charge in [0.25, 0.3) is 5.91 Å². The fourth-order valence-electron chi connectivity index (χ4n) is 2.26. The molecule has 2 N–H and O–H groups in total. The van der Waals surface area contributed by atoms with Crippen LogP contribution >= 0.6 is 0 Å². The normalized spacial score (nSPS) is 10.8. The van der Waals surface area contributed by atoms with Crippen LogP contribution in [-0.2, 0) is 6.42 Å². The zero-order chi connectivity index (χ0) is 18.2. The van der Waals surface area contributed by atoms with Crippen LogP contribution in [0.25, 0.3) is 0 Å². The Morgan fingerprint density at radius 2 is 1.96 bits per heavy atom. The van der Waals surface area contributed by atoms with E-state index in [1.807, 2.05) is 19.0 Å². The maximum Gasteiger partial charge on any atom is 0.270 e. The number of nitrogens with zero attached hydrogens (tertiary/aromatic N) is 3. The second-order valence-corrected chi connectivity index (χ2v) is 6.05. The molecule has 2 aromatic rings. The SMILES string of the molecule is Cc1cc(C(=O)NCCN(C)C)nc(NCCc2ccccc2F)n1. The van der Waals surface area contributed by atoms with Gasteiger partial charge in [-0.25, -0.2) is 14.4 Å². The number of hydrogen-bond donors (Lipinski definition) is 2. The van der Waals surface area contributed by atoms with Crippen molar-refractivity contribution in [3.8, 4) is 0 Å². The molecule has 0 aliphatic carbocycles. The molecule has 2 rings (SSSR count). The first-order valence-electron chi connectivity index (χ1n) is 8.21. The number of rotatable bonds is 8. The van der Waals surface area contributed by atoms with Gasteiger partial charge in [0, 0.05) is 25.3 Å². The zero-order valence-corrected chi connectivity index (χ0v) is 14.8. The van der Waals surface area contributed by atoms with Crippen LogP contribution in [0, 0.1) is 12.7 Å². The highest BCUT2D eigenvalue weighted by atomic mass is 19.1. The smallest absolute Gasteiger partial charge is 0.270 e. The fraction of sp³-hybridized carbons (Fsp3) is 0.389. The van der Waals surface area contributed by atoms with Crippen LogP contribution in [0.5, 0.6) is 0 Å². The highest BCUT2D eigenvalue weighted by molar-refractivity contribution is 5.92. The standard InChI is InChI=1S/C18H24FN5O/c1-13-12-16(17(25)20-10-11-24(2)3)23-18(22-13)21-9-8-14-6-4-5-7-15(14)19/h4-7,12H,8-11H2,1-3H3,(H,20,25)(H,21,22,23). The molecule has 0 atom stereocenters. The molecule has 0 aliphatic heterocycles. The Kier molecular flexibility index (Phi) is 6.82. The molecule has 0 spiro atoms. The number of aryl methyl sites for hydroxylation is 1. The van der Waals surface area contributed by atoms with Gasteiger partial charge in [-0.15, -0.1) is 0 Å². The van der Waals surface area contributed by atoms with Crippen molar-refractivity contribution in [2.75, 3.05) is 39.0 Å². The third kappa shape index (κ3) is 6.11. The average Bonchev–Trinajstić information content (AvgIpc) is 2.55. The summed E-state index contributed by atoms with van der Waals surface area (Å²) >= 11 is 0. The lowest BCUT2D eigenvalue weighted by Crippen LogP contribution is -2.32. The fourth-order valence-corrected chi connectivity index (χ4v) is 2.26. The minimum absolute atomic E-state index is 0.226. The predicted molar refractivity (Wildman–Crippen MR) is 96.2 cm³/mol. The zero-order valence-electron chi connectivity index (χ0n) is 14.8. The number of nitrogens with one attached hydrogen (secondary N) is 2. The third-order valence-corrected chi connectivity index (χ3v) is 3.57. The quantitative estimate of drug-likeness (QED) is 0.764. The Morgan fingerprint density at radius 1 is 1.20 bits per heavy atom. The van der Waals surface area contributed by atoms with Crippen LogP contribution in [0.2, 0.25) is 0 Å². The lowest BCUT2D eigenvalue weighted by Gasteiger charge is -2.11. The molecule has 134 valence electrons. The Morgan fingerprint density at radius 3 is 2.68 bits per heavy atom. The molecule has 0 saturated heterocycles. The third-order valence-electron chi connectivity index (χ3n) is 3.57. The molecule has 1 heterocycles. The average molecular weight is 345 g/mol. The minimum atomic E-state index is -0.232. The number of amides is 1. The first-order chi connectivity index (χ1) is 12.0. The lowest BCUT2D eigenvalue weighted by atomic mass is 10.1. The minimum Gasteiger partial charge on any atom is -0.354 e. The van der Waals surface area contributed by atoms with E-state index in [4.69, 9.17) is 0 Å². The topological polar surface area (TPSA) is 70.2 Å². The summed E-state index contributed by atoms with van der Waals surface area (Å²) in [7, 11) is 3.89. The number of carbonyl (C=O) groups excluding carboxylic acids is 1. The molecular weight excluding hydrogens is 321 g/mol.